The van der Waals surface area contributed by atoms with Crippen molar-refractivity contribution >= 4 is 28.3 Å². The molecular formula is C16H16FN3O2S. The molecule has 0 saturated carbocycles. The van der Waals surface area contributed by atoms with Crippen LogP contribution in [0.3, 0.4) is 0 Å². The second kappa shape index (κ2) is 6.87. The van der Waals surface area contributed by atoms with Crippen molar-refractivity contribution in [3.63, 3.8) is 0 Å². The summed E-state index contributed by atoms with van der Waals surface area (Å²) in [6, 6.07) is 5.47. The van der Waals surface area contributed by atoms with Crippen molar-refractivity contribution < 1.29 is 14.0 Å². The van der Waals surface area contributed by atoms with Gasteiger partial charge in [0.2, 0.25) is 5.91 Å². The lowest BCUT2D eigenvalue weighted by atomic mass is 9.96. The van der Waals surface area contributed by atoms with Gasteiger partial charge >= 0.3 is 0 Å². The molecule has 23 heavy (non-hydrogen) atoms. The predicted octanol–water partition coefficient (Wildman–Crippen LogP) is 2.77. The number of halogens is 1. The van der Waals surface area contributed by atoms with Crippen molar-refractivity contribution in [3.8, 4) is 0 Å². The molecule has 1 fully saturated rings. The summed E-state index contributed by atoms with van der Waals surface area (Å²) in [6.45, 7) is 0.977. The van der Waals surface area contributed by atoms with Crippen LogP contribution in [-0.4, -0.2) is 34.8 Å². The van der Waals surface area contributed by atoms with Gasteiger partial charge in [-0.2, -0.15) is 0 Å². The maximum atomic E-state index is 13.0. The zero-order chi connectivity index (χ0) is 16.2. The molecule has 3 rings (SSSR count). The summed E-state index contributed by atoms with van der Waals surface area (Å²) in [4.78, 5) is 30.4. The van der Waals surface area contributed by atoms with E-state index in [1.54, 1.807) is 16.5 Å². The molecule has 0 spiro atoms. The average Bonchev–Trinajstić information content (AvgIpc) is 3.08. The van der Waals surface area contributed by atoms with E-state index in [-0.39, 0.29) is 23.5 Å². The van der Waals surface area contributed by atoms with E-state index in [1.165, 1.54) is 35.6 Å². The van der Waals surface area contributed by atoms with E-state index in [0.717, 1.165) is 12.8 Å². The molecule has 0 aliphatic carbocycles. The molecular weight excluding hydrogens is 317 g/mol. The van der Waals surface area contributed by atoms with Crippen LogP contribution in [0.2, 0.25) is 0 Å². The van der Waals surface area contributed by atoms with E-state index in [4.69, 9.17) is 0 Å². The minimum Gasteiger partial charge on any atom is -0.338 e. The fraction of sp³-hybridized carbons (Fsp3) is 0.312. The van der Waals surface area contributed by atoms with Crippen molar-refractivity contribution in [2.75, 3.05) is 18.4 Å². The maximum absolute atomic E-state index is 13.0. The largest absolute Gasteiger partial charge is 0.338 e. The lowest BCUT2D eigenvalue weighted by Gasteiger charge is -2.32. The first-order valence-electron chi connectivity index (χ1n) is 7.38. The number of anilines is 1. The van der Waals surface area contributed by atoms with Crippen LogP contribution >= 0.6 is 11.3 Å². The highest BCUT2D eigenvalue weighted by atomic mass is 32.1. The van der Waals surface area contributed by atoms with Gasteiger partial charge in [-0.25, -0.2) is 9.37 Å². The molecule has 1 atom stereocenters. The molecule has 0 radical (unpaired) electrons. The first-order valence-corrected chi connectivity index (χ1v) is 8.26. The van der Waals surface area contributed by atoms with Gasteiger partial charge < -0.3 is 10.2 Å². The number of hydrogen-bond acceptors (Lipinski definition) is 4. The van der Waals surface area contributed by atoms with E-state index in [0.29, 0.717) is 23.8 Å². The zero-order valence-corrected chi connectivity index (χ0v) is 13.2. The third-order valence-electron chi connectivity index (χ3n) is 3.83. The minimum atomic E-state index is -0.374. The Morgan fingerprint density at radius 2 is 2.09 bits per heavy atom. The van der Waals surface area contributed by atoms with E-state index in [2.05, 4.69) is 10.3 Å². The Kier molecular flexibility index (Phi) is 4.66. The molecule has 1 aliphatic rings. The molecule has 1 saturated heterocycles. The van der Waals surface area contributed by atoms with Crippen LogP contribution in [-0.2, 0) is 4.79 Å². The zero-order valence-electron chi connectivity index (χ0n) is 12.4. The van der Waals surface area contributed by atoms with Crippen molar-refractivity contribution in [1.29, 1.82) is 0 Å². The Morgan fingerprint density at radius 3 is 2.78 bits per heavy atom. The van der Waals surface area contributed by atoms with Crippen LogP contribution in [0.5, 0.6) is 0 Å². The van der Waals surface area contributed by atoms with Crippen molar-refractivity contribution in [2.45, 2.75) is 12.8 Å². The van der Waals surface area contributed by atoms with Crippen LogP contribution in [0.25, 0.3) is 0 Å². The molecule has 1 aliphatic heterocycles. The molecule has 2 amide bonds. The van der Waals surface area contributed by atoms with Gasteiger partial charge in [0.1, 0.15) is 5.82 Å². The Labute approximate surface area is 137 Å². The smallest absolute Gasteiger partial charge is 0.253 e. The highest BCUT2D eigenvalue weighted by Gasteiger charge is 2.29. The summed E-state index contributed by atoms with van der Waals surface area (Å²) in [5.41, 5.74) is 0.437. The van der Waals surface area contributed by atoms with Crippen LogP contribution in [0.4, 0.5) is 9.52 Å². The van der Waals surface area contributed by atoms with Gasteiger partial charge in [0, 0.05) is 30.2 Å². The second-order valence-corrected chi connectivity index (χ2v) is 6.32. The lowest BCUT2D eigenvalue weighted by molar-refractivity contribution is -0.121. The predicted molar refractivity (Wildman–Crippen MR) is 85.8 cm³/mol. The van der Waals surface area contributed by atoms with Crippen molar-refractivity contribution in [1.82, 2.24) is 9.88 Å². The Bertz CT molecular complexity index is 688. The molecule has 0 bridgehead atoms. The molecule has 2 aromatic rings. The monoisotopic (exact) mass is 333 g/mol. The van der Waals surface area contributed by atoms with Crippen molar-refractivity contribution in [3.05, 3.63) is 47.2 Å². The Balaban J connectivity index is 1.64. The summed E-state index contributed by atoms with van der Waals surface area (Å²) >= 11 is 1.36. The van der Waals surface area contributed by atoms with E-state index < -0.39 is 0 Å². The van der Waals surface area contributed by atoms with Gasteiger partial charge in [0.05, 0.1) is 5.92 Å². The molecule has 1 N–H and O–H groups in total. The number of benzene rings is 1. The molecule has 1 aromatic heterocycles. The summed E-state index contributed by atoms with van der Waals surface area (Å²) in [5, 5.41) is 5.14. The third-order valence-corrected chi connectivity index (χ3v) is 4.52. The number of likely N-dealkylation sites (tertiary alicyclic amines) is 1. The summed E-state index contributed by atoms with van der Waals surface area (Å²) in [7, 11) is 0. The van der Waals surface area contributed by atoms with E-state index >= 15 is 0 Å². The fourth-order valence-corrected chi connectivity index (χ4v) is 3.18. The van der Waals surface area contributed by atoms with Gasteiger partial charge in [-0.3, -0.25) is 9.59 Å². The van der Waals surface area contributed by atoms with Crippen molar-refractivity contribution in [2.24, 2.45) is 5.92 Å². The minimum absolute atomic E-state index is 0.114. The second-order valence-electron chi connectivity index (χ2n) is 5.42. The van der Waals surface area contributed by atoms with E-state index in [1.807, 2.05) is 0 Å². The highest BCUT2D eigenvalue weighted by molar-refractivity contribution is 7.13. The van der Waals surface area contributed by atoms with Gasteiger partial charge in [-0.05, 0) is 37.1 Å². The topological polar surface area (TPSA) is 62.3 Å². The fourth-order valence-electron chi connectivity index (χ4n) is 2.64. The molecule has 120 valence electrons. The van der Waals surface area contributed by atoms with Gasteiger partial charge in [-0.15, -0.1) is 11.3 Å². The number of carbonyl (C=O) groups excluding carboxylic acids is 2. The molecule has 1 unspecified atom stereocenters. The quantitative estimate of drug-likeness (QED) is 0.939. The number of aromatic nitrogens is 1. The van der Waals surface area contributed by atoms with Crippen LogP contribution < -0.4 is 5.32 Å². The normalized spacial score (nSPS) is 17.8. The molecule has 7 heteroatoms. The molecule has 2 heterocycles. The summed E-state index contributed by atoms with van der Waals surface area (Å²) in [5.74, 6) is -0.911. The number of nitrogens with one attached hydrogen (secondary N) is 1. The average molecular weight is 333 g/mol. The van der Waals surface area contributed by atoms with Crippen LogP contribution in [0, 0.1) is 11.7 Å². The van der Waals surface area contributed by atoms with E-state index in [9.17, 15) is 14.0 Å². The molecule has 5 nitrogen and oxygen atoms in total. The number of thiazole rings is 1. The summed E-state index contributed by atoms with van der Waals surface area (Å²) in [6.07, 6.45) is 3.14. The van der Waals surface area contributed by atoms with Gasteiger partial charge in [-0.1, -0.05) is 0 Å². The lowest BCUT2D eigenvalue weighted by Crippen LogP contribution is -2.43. The first-order chi connectivity index (χ1) is 11.1. The SMILES string of the molecule is O=C(Nc1nccs1)C1CCCN(C(=O)c2ccc(F)cc2)C1. The van der Waals surface area contributed by atoms with Crippen LogP contribution in [0.1, 0.15) is 23.2 Å². The number of amides is 2. The molecule has 1 aromatic carbocycles. The number of rotatable bonds is 3. The first kappa shape index (κ1) is 15.6. The Hall–Kier alpha value is -2.28. The number of nitrogens with zero attached hydrogens (tertiary/aromatic N) is 2. The third kappa shape index (κ3) is 3.73. The summed E-state index contributed by atoms with van der Waals surface area (Å²) < 4.78 is 13.0. The number of carbonyl (C=O) groups is 2. The maximum Gasteiger partial charge on any atom is 0.253 e. The Morgan fingerprint density at radius 1 is 1.30 bits per heavy atom. The highest BCUT2D eigenvalue weighted by Crippen LogP contribution is 2.21. The standard InChI is InChI=1S/C16H16FN3O2S/c17-13-5-3-11(4-6-13)15(22)20-8-1-2-12(10-20)14(21)19-16-18-7-9-23-16/h3-7,9,12H,1-2,8,10H2,(H,18,19,21). The van der Waals surface area contributed by atoms with Gasteiger partial charge in [0.15, 0.2) is 5.13 Å². The number of piperidine rings is 1. The number of hydrogen-bond donors (Lipinski definition) is 1. The van der Waals surface area contributed by atoms with Crippen LogP contribution in [0.15, 0.2) is 35.8 Å². The van der Waals surface area contributed by atoms with Gasteiger partial charge in [0.25, 0.3) is 5.91 Å².